The SMILES string of the molecule is Nc1cc(C(F)(F)F)ccc1C(O)C1CCCC1. The van der Waals surface area contributed by atoms with Gasteiger partial charge in [0.2, 0.25) is 0 Å². The molecule has 1 atom stereocenters. The Hall–Kier alpha value is -1.23. The number of nitrogens with two attached hydrogens (primary N) is 1. The normalized spacial score (nSPS) is 19.1. The van der Waals surface area contributed by atoms with Gasteiger partial charge in [-0.25, -0.2) is 0 Å². The Labute approximate surface area is 104 Å². The van der Waals surface area contributed by atoms with Crippen LogP contribution in [0.15, 0.2) is 18.2 Å². The molecule has 18 heavy (non-hydrogen) atoms. The summed E-state index contributed by atoms with van der Waals surface area (Å²) in [5.74, 6) is 0.115. The van der Waals surface area contributed by atoms with Gasteiger partial charge in [0.1, 0.15) is 0 Å². The van der Waals surface area contributed by atoms with Gasteiger partial charge in [-0.05, 0) is 30.9 Å². The van der Waals surface area contributed by atoms with Crippen LogP contribution in [-0.4, -0.2) is 5.11 Å². The summed E-state index contributed by atoms with van der Waals surface area (Å²) in [5.41, 5.74) is 5.28. The highest BCUT2D eigenvalue weighted by Crippen LogP contribution is 2.39. The minimum atomic E-state index is -4.40. The summed E-state index contributed by atoms with van der Waals surface area (Å²) >= 11 is 0. The highest BCUT2D eigenvalue weighted by atomic mass is 19.4. The maximum atomic E-state index is 12.5. The second-order valence-electron chi connectivity index (χ2n) is 4.83. The number of nitrogen functional groups attached to an aromatic ring is 1. The number of benzene rings is 1. The molecular formula is C13H16F3NO. The lowest BCUT2D eigenvalue weighted by molar-refractivity contribution is -0.137. The topological polar surface area (TPSA) is 46.2 Å². The first-order chi connectivity index (χ1) is 8.39. The van der Waals surface area contributed by atoms with Crippen molar-refractivity contribution in [2.45, 2.75) is 38.0 Å². The molecule has 0 bridgehead atoms. The number of aliphatic hydroxyl groups is 1. The number of rotatable bonds is 2. The van der Waals surface area contributed by atoms with Gasteiger partial charge in [-0.2, -0.15) is 13.2 Å². The maximum absolute atomic E-state index is 12.5. The molecule has 1 saturated carbocycles. The highest BCUT2D eigenvalue weighted by Gasteiger charge is 2.32. The molecule has 1 aromatic rings. The van der Waals surface area contributed by atoms with Crippen LogP contribution in [0.4, 0.5) is 18.9 Å². The minimum Gasteiger partial charge on any atom is -0.398 e. The van der Waals surface area contributed by atoms with Gasteiger partial charge in [-0.1, -0.05) is 18.9 Å². The summed E-state index contributed by atoms with van der Waals surface area (Å²) in [5, 5.41) is 10.1. The Kier molecular flexibility index (Phi) is 3.52. The zero-order valence-electron chi connectivity index (χ0n) is 9.87. The summed E-state index contributed by atoms with van der Waals surface area (Å²) < 4.78 is 37.5. The molecule has 5 heteroatoms. The van der Waals surface area contributed by atoms with Crippen molar-refractivity contribution in [1.82, 2.24) is 0 Å². The van der Waals surface area contributed by atoms with E-state index in [1.165, 1.54) is 6.07 Å². The Morgan fingerprint density at radius 2 is 1.83 bits per heavy atom. The van der Waals surface area contributed by atoms with E-state index in [0.717, 1.165) is 37.8 Å². The molecule has 1 aliphatic carbocycles. The van der Waals surface area contributed by atoms with E-state index >= 15 is 0 Å². The molecule has 2 rings (SSSR count). The van der Waals surface area contributed by atoms with Gasteiger partial charge in [-0.3, -0.25) is 0 Å². The third kappa shape index (κ3) is 2.61. The van der Waals surface area contributed by atoms with Gasteiger partial charge in [0.15, 0.2) is 0 Å². The van der Waals surface area contributed by atoms with Crippen molar-refractivity contribution in [1.29, 1.82) is 0 Å². The predicted octanol–water partition coefficient (Wildman–Crippen LogP) is 3.51. The fourth-order valence-corrected chi connectivity index (χ4v) is 2.55. The molecule has 100 valence electrons. The molecule has 0 spiro atoms. The summed E-state index contributed by atoms with van der Waals surface area (Å²) in [6.07, 6.45) is -1.23. The molecule has 3 N–H and O–H groups in total. The summed E-state index contributed by atoms with van der Waals surface area (Å²) in [7, 11) is 0. The fraction of sp³-hybridized carbons (Fsp3) is 0.538. The van der Waals surface area contributed by atoms with Crippen LogP contribution in [0, 0.1) is 5.92 Å². The van der Waals surface area contributed by atoms with Crippen LogP contribution >= 0.6 is 0 Å². The first kappa shape index (κ1) is 13.2. The van der Waals surface area contributed by atoms with Gasteiger partial charge in [0.05, 0.1) is 11.7 Å². The van der Waals surface area contributed by atoms with Crippen molar-refractivity contribution in [2.24, 2.45) is 5.92 Å². The van der Waals surface area contributed by atoms with Crippen molar-refractivity contribution in [3.05, 3.63) is 29.3 Å². The molecule has 1 fully saturated rings. The molecule has 1 unspecified atom stereocenters. The standard InChI is InChI=1S/C13H16F3NO/c14-13(15,16)9-5-6-10(11(17)7-9)12(18)8-3-1-2-4-8/h5-8,12,18H,1-4,17H2. The van der Waals surface area contributed by atoms with E-state index in [-0.39, 0.29) is 11.6 Å². The maximum Gasteiger partial charge on any atom is 0.416 e. The Bertz CT molecular complexity index is 425. The number of hydrogen-bond donors (Lipinski definition) is 2. The second-order valence-corrected chi connectivity index (χ2v) is 4.83. The quantitative estimate of drug-likeness (QED) is 0.798. The largest absolute Gasteiger partial charge is 0.416 e. The summed E-state index contributed by atoms with van der Waals surface area (Å²) in [6, 6.07) is 3.17. The van der Waals surface area contributed by atoms with Crippen LogP contribution < -0.4 is 5.73 Å². The fourth-order valence-electron chi connectivity index (χ4n) is 2.55. The second kappa shape index (κ2) is 4.80. The summed E-state index contributed by atoms with van der Waals surface area (Å²) in [4.78, 5) is 0. The van der Waals surface area contributed by atoms with Crippen molar-refractivity contribution in [2.75, 3.05) is 5.73 Å². The monoisotopic (exact) mass is 259 g/mol. The van der Waals surface area contributed by atoms with Gasteiger partial charge >= 0.3 is 6.18 Å². The van der Waals surface area contributed by atoms with E-state index < -0.39 is 17.8 Å². The van der Waals surface area contributed by atoms with E-state index in [1.54, 1.807) is 0 Å². The Morgan fingerprint density at radius 1 is 1.22 bits per heavy atom. The zero-order chi connectivity index (χ0) is 13.3. The van der Waals surface area contributed by atoms with E-state index in [1.807, 2.05) is 0 Å². The third-order valence-corrected chi connectivity index (χ3v) is 3.58. The number of anilines is 1. The summed E-state index contributed by atoms with van der Waals surface area (Å²) in [6.45, 7) is 0. The molecule has 0 heterocycles. The molecule has 1 aliphatic rings. The van der Waals surface area contributed by atoms with E-state index in [0.29, 0.717) is 5.56 Å². The number of hydrogen-bond acceptors (Lipinski definition) is 2. The molecule has 0 saturated heterocycles. The minimum absolute atomic E-state index is 0.0178. The predicted molar refractivity (Wildman–Crippen MR) is 62.8 cm³/mol. The molecule has 2 nitrogen and oxygen atoms in total. The van der Waals surface area contributed by atoms with Gasteiger partial charge in [0, 0.05) is 11.3 Å². The molecule has 1 aromatic carbocycles. The molecule has 0 radical (unpaired) electrons. The van der Waals surface area contributed by atoms with Crippen LogP contribution in [0.5, 0.6) is 0 Å². The van der Waals surface area contributed by atoms with E-state index in [2.05, 4.69) is 0 Å². The number of halogens is 3. The van der Waals surface area contributed by atoms with Crippen molar-refractivity contribution < 1.29 is 18.3 Å². The first-order valence-electron chi connectivity index (χ1n) is 6.04. The van der Waals surface area contributed by atoms with Crippen molar-refractivity contribution in [3.8, 4) is 0 Å². The van der Waals surface area contributed by atoms with E-state index in [4.69, 9.17) is 5.73 Å². The lowest BCUT2D eigenvalue weighted by Crippen LogP contribution is -2.13. The van der Waals surface area contributed by atoms with Crippen molar-refractivity contribution in [3.63, 3.8) is 0 Å². The van der Waals surface area contributed by atoms with Gasteiger partial charge in [0.25, 0.3) is 0 Å². The van der Waals surface area contributed by atoms with Crippen LogP contribution in [0.3, 0.4) is 0 Å². The average molecular weight is 259 g/mol. The average Bonchev–Trinajstić information content (AvgIpc) is 2.80. The number of alkyl halides is 3. The lowest BCUT2D eigenvalue weighted by atomic mass is 9.92. The zero-order valence-corrected chi connectivity index (χ0v) is 9.87. The van der Waals surface area contributed by atoms with E-state index in [9.17, 15) is 18.3 Å². The Balaban J connectivity index is 2.24. The molecule has 0 amide bonds. The van der Waals surface area contributed by atoms with Gasteiger partial charge in [-0.15, -0.1) is 0 Å². The van der Waals surface area contributed by atoms with Crippen LogP contribution in [0.25, 0.3) is 0 Å². The number of aliphatic hydroxyl groups excluding tert-OH is 1. The highest BCUT2D eigenvalue weighted by molar-refractivity contribution is 5.51. The van der Waals surface area contributed by atoms with Crippen molar-refractivity contribution >= 4 is 5.69 Å². The smallest absolute Gasteiger partial charge is 0.398 e. The molecular weight excluding hydrogens is 243 g/mol. The molecule has 0 aliphatic heterocycles. The van der Waals surface area contributed by atoms with Crippen LogP contribution in [-0.2, 0) is 6.18 Å². The third-order valence-electron chi connectivity index (χ3n) is 3.58. The molecule has 0 aromatic heterocycles. The van der Waals surface area contributed by atoms with Gasteiger partial charge < -0.3 is 10.8 Å². The first-order valence-corrected chi connectivity index (χ1v) is 6.04. The van der Waals surface area contributed by atoms with Crippen LogP contribution in [0.2, 0.25) is 0 Å². The Morgan fingerprint density at radius 3 is 2.33 bits per heavy atom. The lowest BCUT2D eigenvalue weighted by Gasteiger charge is -2.20. The van der Waals surface area contributed by atoms with Crippen LogP contribution in [0.1, 0.15) is 42.9 Å².